The lowest BCUT2D eigenvalue weighted by molar-refractivity contribution is 0.402. The van der Waals surface area contributed by atoms with Crippen LogP contribution in [0, 0.1) is 0 Å². The van der Waals surface area contributed by atoms with Gasteiger partial charge in [-0.25, -0.2) is 5.10 Å². The highest BCUT2D eigenvalue weighted by Gasteiger charge is 2.04. The minimum absolute atomic E-state index is 0.326. The molecule has 2 N–H and O–H groups in total. The fraction of sp³-hybridized carbons (Fsp3) is 0.154. The summed E-state index contributed by atoms with van der Waals surface area (Å²) in [5, 5.41) is 10.0. The quantitative estimate of drug-likeness (QED) is 0.634. The topological polar surface area (TPSA) is 88.6 Å². The summed E-state index contributed by atoms with van der Waals surface area (Å²) in [6, 6.07) is 5.36. The first-order valence-corrected chi connectivity index (χ1v) is 6.69. The zero-order valence-electron chi connectivity index (χ0n) is 11.4. The van der Waals surface area contributed by atoms with Crippen LogP contribution in [0.4, 0.5) is 5.69 Å². The summed E-state index contributed by atoms with van der Waals surface area (Å²) in [6.45, 7) is 0. The minimum atomic E-state index is -0.339. The molecular weight excluding hydrogens is 340 g/mol. The van der Waals surface area contributed by atoms with Gasteiger partial charge in [-0.3, -0.25) is 10.2 Å². The largest absolute Gasteiger partial charge is 0.497 e. The molecule has 7 nitrogen and oxygen atoms in total. The first kappa shape index (κ1) is 15.0. The maximum Gasteiger partial charge on any atom is 0.280 e. The van der Waals surface area contributed by atoms with Crippen LogP contribution < -0.4 is 20.5 Å². The number of anilines is 1. The normalized spacial score (nSPS) is 10.6. The van der Waals surface area contributed by atoms with Gasteiger partial charge in [-0.2, -0.15) is 10.2 Å². The standard InChI is InChI=1S/C13H13BrN4O3/c1-20-9-3-4-11(21-2)8(5-9)6-15-17-10-7-16-18-13(19)12(10)14/h3-7H,1-2H3,(H2,17,18,19). The lowest BCUT2D eigenvalue weighted by atomic mass is 10.2. The number of nitrogens with one attached hydrogen (secondary N) is 2. The van der Waals surface area contributed by atoms with Gasteiger partial charge in [0, 0.05) is 5.56 Å². The molecule has 110 valence electrons. The van der Waals surface area contributed by atoms with Gasteiger partial charge in [0.05, 0.1) is 32.3 Å². The van der Waals surface area contributed by atoms with E-state index < -0.39 is 0 Å². The Labute approximate surface area is 129 Å². The Bertz CT molecular complexity index is 715. The third-order valence-electron chi connectivity index (χ3n) is 2.62. The average Bonchev–Trinajstić information content (AvgIpc) is 2.51. The first-order valence-electron chi connectivity index (χ1n) is 5.90. The number of hydrazone groups is 1. The Hall–Kier alpha value is -2.35. The molecule has 8 heteroatoms. The maximum absolute atomic E-state index is 11.4. The number of hydrogen-bond acceptors (Lipinski definition) is 6. The van der Waals surface area contributed by atoms with Gasteiger partial charge in [-0.15, -0.1) is 0 Å². The number of aromatic nitrogens is 2. The summed E-state index contributed by atoms with van der Waals surface area (Å²) >= 11 is 3.15. The van der Waals surface area contributed by atoms with Crippen LogP contribution in [0.5, 0.6) is 11.5 Å². The van der Waals surface area contributed by atoms with Crippen molar-refractivity contribution in [2.75, 3.05) is 19.6 Å². The molecule has 0 aliphatic rings. The van der Waals surface area contributed by atoms with E-state index in [2.05, 4.69) is 36.7 Å². The molecule has 0 atom stereocenters. The molecule has 21 heavy (non-hydrogen) atoms. The molecule has 0 radical (unpaired) electrons. The first-order chi connectivity index (χ1) is 10.2. The molecule has 1 heterocycles. The number of halogens is 1. The third-order valence-corrected chi connectivity index (χ3v) is 3.41. The Kier molecular flexibility index (Phi) is 4.94. The monoisotopic (exact) mass is 352 g/mol. The lowest BCUT2D eigenvalue weighted by Gasteiger charge is -2.07. The zero-order chi connectivity index (χ0) is 15.2. The van der Waals surface area contributed by atoms with Crippen molar-refractivity contribution in [3.63, 3.8) is 0 Å². The molecule has 0 bridgehead atoms. The van der Waals surface area contributed by atoms with Gasteiger partial charge >= 0.3 is 0 Å². The van der Waals surface area contributed by atoms with Crippen molar-refractivity contribution >= 4 is 27.8 Å². The number of benzene rings is 1. The van der Waals surface area contributed by atoms with E-state index in [-0.39, 0.29) is 5.56 Å². The van der Waals surface area contributed by atoms with Gasteiger partial charge in [0.25, 0.3) is 5.56 Å². The van der Waals surface area contributed by atoms with Gasteiger partial charge in [0.15, 0.2) is 0 Å². The number of rotatable bonds is 5. The molecule has 0 spiro atoms. The van der Waals surface area contributed by atoms with Crippen molar-refractivity contribution in [3.05, 3.63) is 44.8 Å². The second kappa shape index (κ2) is 6.89. The van der Waals surface area contributed by atoms with Crippen molar-refractivity contribution in [2.24, 2.45) is 5.10 Å². The fourth-order valence-corrected chi connectivity index (χ4v) is 1.85. The van der Waals surface area contributed by atoms with Crippen LogP contribution in [0.15, 0.2) is 38.8 Å². The minimum Gasteiger partial charge on any atom is -0.497 e. The van der Waals surface area contributed by atoms with Crippen LogP contribution >= 0.6 is 15.9 Å². The number of hydrogen-bond donors (Lipinski definition) is 2. The molecule has 2 rings (SSSR count). The molecule has 0 saturated carbocycles. The van der Waals surface area contributed by atoms with E-state index >= 15 is 0 Å². The van der Waals surface area contributed by atoms with Gasteiger partial charge < -0.3 is 9.47 Å². The van der Waals surface area contributed by atoms with Gasteiger partial charge in [-0.05, 0) is 34.1 Å². The SMILES string of the molecule is COc1ccc(OC)c(C=NNc2cn[nH]c(=O)c2Br)c1. The third kappa shape index (κ3) is 3.60. The van der Waals surface area contributed by atoms with Crippen LogP contribution in [-0.4, -0.2) is 30.6 Å². The van der Waals surface area contributed by atoms with Crippen LogP contribution in [0.3, 0.4) is 0 Å². The Balaban J connectivity index is 2.21. The summed E-state index contributed by atoms with van der Waals surface area (Å²) in [5.74, 6) is 1.35. The zero-order valence-corrected chi connectivity index (χ0v) is 13.0. The second-order valence-electron chi connectivity index (χ2n) is 3.90. The van der Waals surface area contributed by atoms with Crippen LogP contribution in [0.2, 0.25) is 0 Å². The Morgan fingerprint density at radius 3 is 2.90 bits per heavy atom. The highest BCUT2D eigenvalue weighted by molar-refractivity contribution is 9.10. The highest BCUT2D eigenvalue weighted by Crippen LogP contribution is 2.22. The summed E-state index contributed by atoms with van der Waals surface area (Å²) in [5.41, 5.74) is 3.59. The second-order valence-corrected chi connectivity index (χ2v) is 4.70. The number of nitrogens with zero attached hydrogens (tertiary/aromatic N) is 2. The Morgan fingerprint density at radius 1 is 1.38 bits per heavy atom. The molecule has 2 aromatic rings. The van der Waals surface area contributed by atoms with E-state index in [4.69, 9.17) is 9.47 Å². The van der Waals surface area contributed by atoms with E-state index in [1.54, 1.807) is 38.6 Å². The highest BCUT2D eigenvalue weighted by atomic mass is 79.9. The molecule has 0 aliphatic heterocycles. The van der Waals surface area contributed by atoms with Crippen LogP contribution in [0.25, 0.3) is 0 Å². The van der Waals surface area contributed by atoms with E-state index in [1.165, 1.54) is 6.20 Å². The number of H-pyrrole nitrogens is 1. The number of ether oxygens (including phenoxy) is 2. The van der Waals surface area contributed by atoms with E-state index in [0.717, 1.165) is 5.56 Å². The smallest absolute Gasteiger partial charge is 0.280 e. The molecular formula is C13H13BrN4O3. The summed E-state index contributed by atoms with van der Waals surface area (Å²) in [7, 11) is 3.16. The van der Waals surface area contributed by atoms with E-state index in [0.29, 0.717) is 21.7 Å². The predicted molar refractivity (Wildman–Crippen MR) is 83.3 cm³/mol. The number of aromatic amines is 1. The average molecular weight is 353 g/mol. The van der Waals surface area contributed by atoms with Gasteiger partial charge in [-0.1, -0.05) is 0 Å². The maximum atomic E-state index is 11.4. The van der Waals surface area contributed by atoms with Crippen molar-refractivity contribution in [1.82, 2.24) is 10.2 Å². The van der Waals surface area contributed by atoms with Gasteiger partial charge in [0.1, 0.15) is 16.0 Å². The molecule has 1 aromatic carbocycles. The number of methoxy groups -OCH3 is 2. The van der Waals surface area contributed by atoms with Crippen molar-refractivity contribution in [1.29, 1.82) is 0 Å². The molecule has 0 saturated heterocycles. The van der Waals surface area contributed by atoms with Crippen molar-refractivity contribution in [3.8, 4) is 11.5 Å². The molecule has 1 aromatic heterocycles. The summed E-state index contributed by atoms with van der Waals surface area (Å²) < 4.78 is 10.7. The van der Waals surface area contributed by atoms with Crippen LogP contribution in [0.1, 0.15) is 5.56 Å². The molecule has 0 aliphatic carbocycles. The molecule has 0 amide bonds. The lowest BCUT2D eigenvalue weighted by Crippen LogP contribution is -2.10. The predicted octanol–water partition coefficient (Wildman–Crippen LogP) is 2.00. The van der Waals surface area contributed by atoms with Gasteiger partial charge in [0.2, 0.25) is 0 Å². The van der Waals surface area contributed by atoms with E-state index in [9.17, 15) is 4.79 Å². The Morgan fingerprint density at radius 2 is 2.19 bits per heavy atom. The van der Waals surface area contributed by atoms with Crippen LogP contribution in [-0.2, 0) is 0 Å². The summed E-state index contributed by atoms with van der Waals surface area (Å²) in [4.78, 5) is 11.4. The van der Waals surface area contributed by atoms with Crippen molar-refractivity contribution in [2.45, 2.75) is 0 Å². The van der Waals surface area contributed by atoms with Crippen molar-refractivity contribution < 1.29 is 9.47 Å². The fourth-order valence-electron chi connectivity index (χ4n) is 1.57. The van der Waals surface area contributed by atoms with E-state index in [1.807, 2.05) is 0 Å². The molecule has 0 fully saturated rings. The molecule has 0 unspecified atom stereocenters. The summed E-state index contributed by atoms with van der Waals surface area (Å²) in [6.07, 6.45) is 3.01.